The van der Waals surface area contributed by atoms with Gasteiger partial charge in [0.2, 0.25) is 0 Å². The van der Waals surface area contributed by atoms with Gasteiger partial charge < -0.3 is 4.57 Å². The van der Waals surface area contributed by atoms with Crippen LogP contribution >= 0.6 is 45.2 Å². The maximum Gasteiger partial charge on any atom is 0.0523 e. The summed E-state index contributed by atoms with van der Waals surface area (Å²) in [4.78, 5) is 0. The van der Waals surface area contributed by atoms with Crippen molar-refractivity contribution < 1.29 is 0 Å². The van der Waals surface area contributed by atoms with Crippen molar-refractivity contribution in [2.75, 3.05) is 4.43 Å². The number of halogens is 2. The van der Waals surface area contributed by atoms with Crippen LogP contribution in [0.4, 0.5) is 0 Å². The van der Waals surface area contributed by atoms with E-state index in [2.05, 4.69) is 99.1 Å². The van der Waals surface area contributed by atoms with E-state index >= 15 is 0 Å². The molecule has 2 aromatic carbocycles. The predicted molar refractivity (Wildman–Crippen MR) is 119 cm³/mol. The van der Waals surface area contributed by atoms with Crippen LogP contribution < -0.4 is 0 Å². The molecule has 3 heteroatoms. The van der Waals surface area contributed by atoms with Gasteiger partial charge in [0.1, 0.15) is 0 Å². The zero-order valence-electron chi connectivity index (χ0n) is 13.6. The molecule has 3 aromatic rings. The number of aromatic nitrogens is 1. The van der Waals surface area contributed by atoms with Crippen molar-refractivity contribution in [3.63, 3.8) is 0 Å². The van der Waals surface area contributed by atoms with Crippen LogP contribution in [-0.2, 0) is 13.0 Å². The number of nitrogens with zero attached hydrogens (tertiary/aromatic N) is 1. The molecule has 0 aliphatic heterocycles. The normalized spacial score (nSPS) is 13.0. The summed E-state index contributed by atoms with van der Waals surface area (Å²) >= 11 is 5.12. The Morgan fingerprint density at radius 3 is 2.57 bits per heavy atom. The van der Waals surface area contributed by atoms with E-state index in [-0.39, 0.29) is 0 Å². The minimum atomic E-state index is 0.789. The van der Waals surface area contributed by atoms with Crippen LogP contribution in [0.2, 0.25) is 0 Å². The topological polar surface area (TPSA) is 4.93 Å². The first kappa shape index (κ1) is 17.5. The molecular weight excluding hydrogens is 508 g/mol. The van der Waals surface area contributed by atoms with E-state index in [4.69, 9.17) is 0 Å². The van der Waals surface area contributed by atoms with Crippen LogP contribution in [-0.4, -0.2) is 12.9 Å². The number of alkyl halides is 2. The van der Waals surface area contributed by atoms with Crippen molar-refractivity contribution in [1.29, 1.82) is 0 Å². The van der Waals surface area contributed by atoms with Gasteiger partial charge in [-0.3, -0.25) is 0 Å². The summed E-state index contributed by atoms with van der Waals surface area (Å²) in [7, 11) is 0. The molecule has 0 fully saturated rings. The van der Waals surface area contributed by atoms with E-state index in [1.54, 1.807) is 0 Å². The number of fused-ring (bicyclic) bond motifs is 3. The molecule has 0 radical (unpaired) electrons. The Balaban J connectivity index is 1.98. The third-order valence-corrected chi connectivity index (χ3v) is 6.58. The molecule has 0 N–H and O–H groups in total. The molecule has 1 unspecified atom stereocenters. The molecule has 1 aromatic heterocycles. The zero-order chi connectivity index (χ0) is 16.2. The number of rotatable bonds is 7. The van der Waals surface area contributed by atoms with Crippen molar-refractivity contribution in [3.8, 4) is 0 Å². The minimum Gasteiger partial charge on any atom is -0.341 e. The van der Waals surface area contributed by atoms with Gasteiger partial charge >= 0.3 is 0 Å². The van der Waals surface area contributed by atoms with Gasteiger partial charge in [0.15, 0.2) is 0 Å². The Morgan fingerprint density at radius 2 is 1.78 bits per heavy atom. The molecule has 1 atom stereocenters. The highest BCUT2D eigenvalue weighted by Crippen LogP contribution is 2.32. The predicted octanol–water partition coefficient (Wildman–Crippen LogP) is 6.77. The number of para-hydroxylation sites is 2. The largest absolute Gasteiger partial charge is 0.341 e. The number of hydrogen-bond donors (Lipinski definition) is 0. The lowest BCUT2D eigenvalue weighted by Gasteiger charge is -2.12. The van der Waals surface area contributed by atoms with Crippen LogP contribution in [0.15, 0.2) is 42.5 Å². The smallest absolute Gasteiger partial charge is 0.0523 e. The van der Waals surface area contributed by atoms with Gasteiger partial charge in [-0.05, 0) is 48.7 Å². The lowest BCUT2D eigenvalue weighted by atomic mass is 10.0. The fraction of sp³-hybridized carbons (Fsp3) is 0.400. The van der Waals surface area contributed by atoms with E-state index in [9.17, 15) is 0 Å². The molecule has 0 amide bonds. The van der Waals surface area contributed by atoms with Gasteiger partial charge in [0, 0.05) is 26.8 Å². The molecule has 0 aliphatic rings. The summed E-state index contributed by atoms with van der Waals surface area (Å²) < 4.78 is 4.56. The van der Waals surface area contributed by atoms with Crippen LogP contribution in [0.3, 0.4) is 0 Å². The molecule has 0 saturated carbocycles. The zero-order valence-corrected chi connectivity index (χ0v) is 17.9. The van der Waals surface area contributed by atoms with Gasteiger partial charge in [-0.25, -0.2) is 0 Å². The van der Waals surface area contributed by atoms with Gasteiger partial charge in [-0.2, -0.15) is 0 Å². The summed E-state index contributed by atoms with van der Waals surface area (Å²) in [6, 6.07) is 15.7. The highest BCUT2D eigenvalue weighted by atomic mass is 127. The summed E-state index contributed by atoms with van der Waals surface area (Å²) in [5, 5.41) is 2.80. The maximum atomic E-state index is 2.64. The Bertz CT molecular complexity index is 791. The van der Waals surface area contributed by atoms with E-state index in [0.29, 0.717) is 0 Å². The first-order valence-electron chi connectivity index (χ1n) is 8.45. The lowest BCUT2D eigenvalue weighted by molar-refractivity contribution is 0.710. The van der Waals surface area contributed by atoms with Crippen LogP contribution in [0.5, 0.6) is 0 Å². The second kappa shape index (κ2) is 8.19. The summed E-state index contributed by atoms with van der Waals surface area (Å²) in [6.45, 7) is 3.29. The Morgan fingerprint density at radius 1 is 1.00 bits per heavy atom. The number of hydrogen-bond acceptors (Lipinski definition) is 0. The van der Waals surface area contributed by atoms with Crippen molar-refractivity contribution in [3.05, 3.63) is 48.0 Å². The van der Waals surface area contributed by atoms with Gasteiger partial charge in [-0.1, -0.05) is 81.6 Å². The Hall–Kier alpha value is -0.300. The molecule has 1 heterocycles. The standard InChI is InChI=1S/C20H23I2N/c1-2-23-19-11-4-3-9-17(19)18-10-5-7-15(20(18)23)12-13-16(22)8-6-14-21/h3-5,7,9-11,16H,2,6,8,12-14H2,1H3. The van der Waals surface area contributed by atoms with E-state index < -0.39 is 0 Å². The first-order valence-corrected chi connectivity index (χ1v) is 11.2. The van der Waals surface area contributed by atoms with Crippen molar-refractivity contribution in [2.24, 2.45) is 0 Å². The second-order valence-electron chi connectivity index (χ2n) is 6.04. The Labute approximate surface area is 166 Å². The highest BCUT2D eigenvalue weighted by Gasteiger charge is 2.13. The van der Waals surface area contributed by atoms with E-state index in [1.165, 1.54) is 57.5 Å². The van der Waals surface area contributed by atoms with Crippen molar-refractivity contribution in [1.82, 2.24) is 4.57 Å². The quantitative estimate of drug-likeness (QED) is 0.235. The number of benzene rings is 2. The number of aryl methyl sites for hydroxylation is 2. The molecule has 0 aliphatic carbocycles. The SMILES string of the molecule is CCn1c2ccccc2c2cccc(CCC(I)CCCI)c21. The van der Waals surface area contributed by atoms with Gasteiger partial charge in [-0.15, -0.1) is 0 Å². The Kier molecular flexibility index (Phi) is 6.24. The van der Waals surface area contributed by atoms with Crippen LogP contribution in [0.1, 0.15) is 31.7 Å². The monoisotopic (exact) mass is 531 g/mol. The van der Waals surface area contributed by atoms with Crippen LogP contribution in [0.25, 0.3) is 21.8 Å². The fourth-order valence-corrected chi connectivity index (χ4v) is 4.66. The molecule has 3 rings (SSSR count). The fourth-order valence-electron chi connectivity index (χ4n) is 3.47. The maximum absolute atomic E-state index is 2.64. The molecule has 0 bridgehead atoms. The lowest BCUT2D eigenvalue weighted by Crippen LogP contribution is -2.02. The van der Waals surface area contributed by atoms with Crippen molar-refractivity contribution >= 4 is 67.0 Å². The summed E-state index contributed by atoms with van der Waals surface area (Å²) in [5.74, 6) is 0. The van der Waals surface area contributed by atoms with E-state index in [0.717, 1.165) is 10.5 Å². The van der Waals surface area contributed by atoms with Gasteiger partial charge in [0.25, 0.3) is 0 Å². The van der Waals surface area contributed by atoms with Gasteiger partial charge in [0.05, 0.1) is 5.52 Å². The molecule has 0 saturated heterocycles. The molecule has 23 heavy (non-hydrogen) atoms. The third kappa shape index (κ3) is 3.70. The molecule has 0 spiro atoms. The van der Waals surface area contributed by atoms with Crippen molar-refractivity contribution in [2.45, 2.75) is 43.1 Å². The average Bonchev–Trinajstić information content (AvgIpc) is 2.92. The average molecular weight is 531 g/mol. The second-order valence-corrected chi connectivity index (χ2v) is 8.88. The van der Waals surface area contributed by atoms with Crippen LogP contribution in [0, 0.1) is 0 Å². The molecule has 122 valence electrons. The minimum absolute atomic E-state index is 0.789. The molecular formula is C20H23I2N. The molecule has 1 nitrogen and oxygen atoms in total. The first-order chi connectivity index (χ1) is 11.3. The summed E-state index contributed by atoms with van der Waals surface area (Å²) in [6.07, 6.45) is 5.15. The van der Waals surface area contributed by atoms with E-state index in [1.807, 2.05) is 0 Å². The third-order valence-electron chi connectivity index (χ3n) is 4.57. The summed E-state index contributed by atoms with van der Waals surface area (Å²) in [5.41, 5.74) is 4.33. The highest BCUT2D eigenvalue weighted by molar-refractivity contribution is 14.1.